The van der Waals surface area contributed by atoms with E-state index < -0.39 is 7.12 Å². The van der Waals surface area contributed by atoms with Crippen molar-refractivity contribution in [2.24, 2.45) is 0 Å². The Morgan fingerprint density at radius 2 is 1.93 bits per heavy atom. The molecule has 0 fully saturated rings. The number of carbonyl (C=O) groups is 1. The highest BCUT2D eigenvalue weighted by atomic mass is 16.4. The summed E-state index contributed by atoms with van der Waals surface area (Å²) in [4.78, 5) is 11.6. The molecule has 1 rings (SSSR count). The van der Waals surface area contributed by atoms with Crippen molar-refractivity contribution in [3.05, 3.63) is 29.8 Å². The third-order valence-electron chi connectivity index (χ3n) is 1.90. The molecule has 0 aliphatic heterocycles. The molecule has 0 unspecified atom stereocenters. The van der Waals surface area contributed by atoms with Crippen LogP contribution in [0.3, 0.4) is 0 Å². The minimum Gasteiger partial charge on any atom is -0.423 e. The van der Waals surface area contributed by atoms with Gasteiger partial charge in [0.1, 0.15) is 0 Å². The van der Waals surface area contributed by atoms with Gasteiger partial charge in [-0.1, -0.05) is 18.2 Å². The first-order chi connectivity index (χ1) is 7.02. The maximum atomic E-state index is 11.6. The van der Waals surface area contributed by atoms with Crippen LogP contribution in [0.25, 0.3) is 0 Å². The Balaban J connectivity index is 2.97. The van der Waals surface area contributed by atoms with Gasteiger partial charge in [-0.15, -0.1) is 0 Å². The molecule has 0 aliphatic carbocycles. The van der Waals surface area contributed by atoms with Crippen molar-refractivity contribution < 1.29 is 14.8 Å². The quantitative estimate of drug-likeness (QED) is 0.585. The van der Waals surface area contributed by atoms with Crippen LogP contribution in [0.5, 0.6) is 0 Å². The molecule has 0 saturated carbocycles. The first kappa shape index (κ1) is 11.7. The van der Waals surface area contributed by atoms with Gasteiger partial charge in [-0.05, 0) is 25.4 Å². The predicted octanol–water partition coefficient (Wildman–Crippen LogP) is -0.495. The normalized spacial score (nSPS) is 10.2. The fourth-order valence-corrected chi connectivity index (χ4v) is 1.27. The zero-order valence-electron chi connectivity index (χ0n) is 8.77. The summed E-state index contributed by atoms with van der Waals surface area (Å²) in [5.41, 5.74) is 0.511. The van der Waals surface area contributed by atoms with E-state index in [9.17, 15) is 4.79 Å². The van der Waals surface area contributed by atoms with Gasteiger partial charge in [-0.3, -0.25) is 4.79 Å². The molecule has 15 heavy (non-hydrogen) atoms. The average Bonchev–Trinajstić information content (AvgIpc) is 2.16. The highest BCUT2D eigenvalue weighted by Crippen LogP contribution is 1.98. The maximum absolute atomic E-state index is 11.6. The summed E-state index contributed by atoms with van der Waals surface area (Å²) in [7, 11) is -1.63. The van der Waals surface area contributed by atoms with Crippen LogP contribution in [0.4, 0.5) is 0 Å². The van der Waals surface area contributed by atoms with Gasteiger partial charge in [0.15, 0.2) is 0 Å². The SMILES string of the molecule is CC(C)NC(=O)c1ccccc1B(O)O. The third kappa shape index (κ3) is 3.07. The van der Waals surface area contributed by atoms with Crippen molar-refractivity contribution in [2.75, 3.05) is 0 Å². The van der Waals surface area contributed by atoms with E-state index in [1.165, 1.54) is 6.07 Å². The maximum Gasteiger partial charge on any atom is 0.489 e. The number of benzene rings is 1. The molecule has 1 amide bonds. The lowest BCUT2D eigenvalue weighted by atomic mass is 9.77. The second-order valence-corrected chi connectivity index (χ2v) is 3.59. The van der Waals surface area contributed by atoms with E-state index in [0.717, 1.165) is 0 Å². The van der Waals surface area contributed by atoms with E-state index >= 15 is 0 Å². The summed E-state index contributed by atoms with van der Waals surface area (Å²) in [5.74, 6) is -0.297. The zero-order valence-corrected chi connectivity index (χ0v) is 8.77. The molecular weight excluding hydrogens is 193 g/mol. The molecule has 3 N–H and O–H groups in total. The van der Waals surface area contributed by atoms with Crippen LogP contribution < -0.4 is 10.8 Å². The van der Waals surface area contributed by atoms with Crippen LogP contribution in [0.15, 0.2) is 24.3 Å². The Labute approximate surface area is 89.1 Å². The van der Waals surface area contributed by atoms with Crippen LogP contribution in [0.2, 0.25) is 0 Å². The fourth-order valence-electron chi connectivity index (χ4n) is 1.27. The van der Waals surface area contributed by atoms with E-state index in [1.807, 2.05) is 13.8 Å². The molecule has 4 nitrogen and oxygen atoms in total. The van der Waals surface area contributed by atoms with Crippen LogP contribution >= 0.6 is 0 Å². The van der Waals surface area contributed by atoms with Gasteiger partial charge in [0.25, 0.3) is 5.91 Å². The molecule has 80 valence electrons. The lowest BCUT2D eigenvalue weighted by Crippen LogP contribution is -2.39. The van der Waals surface area contributed by atoms with Crippen LogP contribution in [0.1, 0.15) is 24.2 Å². The van der Waals surface area contributed by atoms with Crippen molar-refractivity contribution in [3.8, 4) is 0 Å². The number of amides is 1. The minimum atomic E-state index is -1.63. The minimum absolute atomic E-state index is 0.0152. The Morgan fingerprint density at radius 1 is 1.33 bits per heavy atom. The molecule has 0 aromatic heterocycles. The Hall–Kier alpha value is -1.33. The Kier molecular flexibility index (Phi) is 3.88. The summed E-state index contributed by atoms with van der Waals surface area (Å²) in [6.07, 6.45) is 0. The van der Waals surface area contributed by atoms with E-state index in [2.05, 4.69) is 5.32 Å². The van der Waals surface area contributed by atoms with Crippen molar-refractivity contribution >= 4 is 18.5 Å². The van der Waals surface area contributed by atoms with Crippen molar-refractivity contribution in [3.63, 3.8) is 0 Å². The standard InChI is InChI=1S/C10H14BNO3/c1-7(2)12-10(13)8-5-3-4-6-9(8)11(14)15/h3-7,14-15H,1-2H3,(H,12,13). The molecule has 0 atom stereocenters. The number of rotatable bonds is 3. The Morgan fingerprint density at radius 3 is 2.47 bits per heavy atom. The monoisotopic (exact) mass is 207 g/mol. The summed E-state index contributed by atoms with van der Waals surface area (Å²) in [5, 5.41) is 20.8. The number of carbonyl (C=O) groups excluding carboxylic acids is 1. The fraction of sp³-hybridized carbons (Fsp3) is 0.300. The number of hydrogen-bond donors (Lipinski definition) is 3. The summed E-state index contributed by atoms with van der Waals surface area (Å²) in [6.45, 7) is 3.69. The lowest BCUT2D eigenvalue weighted by molar-refractivity contribution is 0.0944. The van der Waals surface area contributed by atoms with Crippen molar-refractivity contribution in [1.82, 2.24) is 5.32 Å². The highest BCUT2D eigenvalue weighted by Gasteiger charge is 2.19. The zero-order chi connectivity index (χ0) is 11.4. The molecule has 0 heterocycles. The molecule has 5 heteroatoms. The largest absolute Gasteiger partial charge is 0.489 e. The second-order valence-electron chi connectivity index (χ2n) is 3.59. The molecule has 0 saturated heterocycles. The van der Waals surface area contributed by atoms with E-state index in [-0.39, 0.29) is 17.4 Å². The van der Waals surface area contributed by atoms with Gasteiger partial charge in [0, 0.05) is 11.6 Å². The predicted molar refractivity (Wildman–Crippen MR) is 58.9 cm³/mol. The van der Waals surface area contributed by atoms with Crippen LogP contribution in [0, 0.1) is 0 Å². The Bertz CT molecular complexity index is 352. The molecule has 1 aromatic rings. The second kappa shape index (κ2) is 4.95. The molecule has 0 bridgehead atoms. The van der Waals surface area contributed by atoms with Gasteiger partial charge >= 0.3 is 7.12 Å². The van der Waals surface area contributed by atoms with Crippen molar-refractivity contribution in [2.45, 2.75) is 19.9 Å². The topological polar surface area (TPSA) is 69.6 Å². The number of hydrogen-bond acceptors (Lipinski definition) is 3. The molecule has 0 radical (unpaired) electrons. The molecule has 0 aliphatic rings. The summed E-state index contributed by atoms with van der Waals surface area (Å²) >= 11 is 0. The van der Waals surface area contributed by atoms with E-state index in [1.54, 1.807) is 18.2 Å². The van der Waals surface area contributed by atoms with E-state index in [4.69, 9.17) is 10.0 Å². The van der Waals surface area contributed by atoms with Crippen LogP contribution in [-0.2, 0) is 0 Å². The third-order valence-corrected chi connectivity index (χ3v) is 1.90. The average molecular weight is 207 g/mol. The molecule has 1 aromatic carbocycles. The smallest absolute Gasteiger partial charge is 0.423 e. The van der Waals surface area contributed by atoms with Crippen molar-refractivity contribution in [1.29, 1.82) is 0 Å². The lowest BCUT2D eigenvalue weighted by Gasteiger charge is -2.11. The van der Waals surface area contributed by atoms with Gasteiger partial charge in [0.05, 0.1) is 0 Å². The highest BCUT2D eigenvalue weighted by molar-refractivity contribution is 6.60. The number of nitrogens with one attached hydrogen (secondary N) is 1. The van der Waals surface area contributed by atoms with Gasteiger partial charge in [-0.2, -0.15) is 0 Å². The molecule has 0 spiro atoms. The van der Waals surface area contributed by atoms with Crippen LogP contribution in [-0.4, -0.2) is 29.1 Å². The van der Waals surface area contributed by atoms with Gasteiger partial charge < -0.3 is 15.4 Å². The molecular formula is C10H14BNO3. The van der Waals surface area contributed by atoms with Gasteiger partial charge in [-0.25, -0.2) is 0 Å². The summed E-state index contributed by atoms with van der Waals surface area (Å²) < 4.78 is 0. The summed E-state index contributed by atoms with van der Waals surface area (Å²) in [6, 6.07) is 6.43. The van der Waals surface area contributed by atoms with Gasteiger partial charge in [0.2, 0.25) is 0 Å². The first-order valence-corrected chi connectivity index (χ1v) is 4.78. The van der Waals surface area contributed by atoms with E-state index in [0.29, 0.717) is 5.56 Å². The first-order valence-electron chi connectivity index (χ1n) is 4.78.